The van der Waals surface area contributed by atoms with Gasteiger partial charge < -0.3 is 10.8 Å². The fourth-order valence-electron chi connectivity index (χ4n) is 2.91. The van der Waals surface area contributed by atoms with E-state index in [1.54, 1.807) is 19.1 Å². The number of aliphatic carboxylic acids is 1. The molecule has 8 heteroatoms. The Balaban J connectivity index is 2.04. The number of hydrogen-bond acceptors (Lipinski definition) is 3. The van der Waals surface area contributed by atoms with E-state index < -0.39 is 29.9 Å². The highest BCUT2D eigenvalue weighted by Gasteiger charge is 2.40. The lowest BCUT2D eigenvalue weighted by Gasteiger charge is -2.21. The molecule has 0 spiro atoms. The molecular weight excluding hydrogens is 406 g/mol. The summed E-state index contributed by atoms with van der Waals surface area (Å²) in [5.74, 6) is -2.57. The van der Waals surface area contributed by atoms with Crippen LogP contribution in [0.3, 0.4) is 0 Å². The first-order valence-electron chi connectivity index (χ1n) is 9.09. The monoisotopic (exact) mass is 429 g/mol. The molecule has 2 aromatic carbocycles. The van der Waals surface area contributed by atoms with Crippen molar-refractivity contribution < 1.29 is 27.5 Å². The maximum atomic E-state index is 14.1. The average Bonchev–Trinajstić information content (AvgIpc) is 2.63. The molecule has 2 rings (SSSR count). The Hall–Kier alpha value is -2.06. The molecule has 0 radical (unpaired) electrons. The summed E-state index contributed by atoms with van der Waals surface area (Å²) in [5, 5.41) is 8.71. The van der Waals surface area contributed by atoms with Crippen molar-refractivity contribution in [2.45, 2.75) is 37.9 Å². The van der Waals surface area contributed by atoms with Crippen molar-refractivity contribution >= 4 is 17.7 Å². The molecule has 3 N–H and O–H groups in total. The van der Waals surface area contributed by atoms with Gasteiger partial charge in [-0.15, -0.1) is 0 Å². The van der Waals surface area contributed by atoms with E-state index in [0.29, 0.717) is 16.9 Å². The van der Waals surface area contributed by atoms with E-state index in [0.717, 1.165) is 5.56 Å². The van der Waals surface area contributed by atoms with Crippen molar-refractivity contribution in [1.29, 1.82) is 0 Å². The molecular formula is C21H23F4NO2S. The van der Waals surface area contributed by atoms with Gasteiger partial charge in [0.1, 0.15) is 11.9 Å². The van der Waals surface area contributed by atoms with E-state index in [1.165, 1.54) is 42.1 Å². The van der Waals surface area contributed by atoms with E-state index in [2.05, 4.69) is 0 Å². The van der Waals surface area contributed by atoms with Crippen molar-refractivity contribution in [3.63, 3.8) is 0 Å². The maximum Gasteiger partial charge on any atom is 0.395 e. The van der Waals surface area contributed by atoms with Crippen LogP contribution in [0, 0.1) is 12.7 Å². The first-order chi connectivity index (χ1) is 13.6. The van der Waals surface area contributed by atoms with E-state index >= 15 is 0 Å². The third-order valence-corrected chi connectivity index (χ3v) is 5.63. The highest BCUT2D eigenvalue weighted by Crippen LogP contribution is 2.39. The van der Waals surface area contributed by atoms with E-state index in [4.69, 9.17) is 10.8 Å². The Morgan fingerprint density at radius 3 is 2.28 bits per heavy atom. The summed E-state index contributed by atoms with van der Waals surface area (Å²) in [6.45, 7) is 1.76. The lowest BCUT2D eigenvalue weighted by atomic mass is 9.93. The first-order valence-corrected chi connectivity index (χ1v) is 10.2. The number of thioether (sulfide) groups is 1. The maximum absolute atomic E-state index is 14.1. The third-order valence-electron chi connectivity index (χ3n) is 4.59. The van der Waals surface area contributed by atoms with Crippen LogP contribution in [-0.4, -0.2) is 34.8 Å². The van der Waals surface area contributed by atoms with Crippen molar-refractivity contribution in [2.24, 2.45) is 5.73 Å². The molecule has 2 atom stereocenters. The Kier molecular flexibility index (Phi) is 8.10. The number of rotatable bonds is 9. The third kappa shape index (κ3) is 6.75. The van der Waals surface area contributed by atoms with Gasteiger partial charge >= 0.3 is 12.1 Å². The van der Waals surface area contributed by atoms with Crippen LogP contribution in [0.4, 0.5) is 17.6 Å². The van der Waals surface area contributed by atoms with Gasteiger partial charge in [0.25, 0.3) is 0 Å². The zero-order chi connectivity index (χ0) is 21.6. The van der Waals surface area contributed by atoms with Crippen LogP contribution in [0.2, 0.25) is 0 Å². The molecule has 2 unspecified atom stereocenters. The number of benzene rings is 2. The lowest BCUT2D eigenvalue weighted by molar-refractivity contribution is -0.150. The van der Waals surface area contributed by atoms with E-state index in [-0.39, 0.29) is 24.2 Å². The second kappa shape index (κ2) is 10.1. The van der Waals surface area contributed by atoms with Gasteiger partial charge in [0, 0.05) is 5.56 Å². The smallest absolute Gasteiger partial charge is 0.395 e. The second-order valence-electron chi connectivity index (χ2n) is 6.83. The molecule has 0 aromatic heterocycles. The normalized spacial score (nSPS) is 13.9. The summed E-state index contributed by atoms with van der Waals surface area (Å²) in [6.07, 6.45) is -4.34. The van der Waals surface area contributed by atoms with Gasteiger partial charge in [-0.25, -0.2) is 4.39 Å². The molecule has 0 bridgehead atoms. The summed E-state index contributed by atoms with van der Waals surface area (Å²) in [5.41, 5.74) is 7.13. The number of carbonyl (C=O) groups is 1. The van der Waals surface area contributed by atoms with Crippen molar-refractivity contribution in [3.8, 4) is 11.1 Å². The van der Waals surface area contributed by atoms with Gasteiger partial charge in [-0.3, -0.25) is 4.79 Å². The van der Waals surface area contributed by atoms with Crippen LogP contribution < -0.4 is 5.73 Å². The standard InChI is InChI=1S/C21H23F4NO2S/c1-13-2-7-16(18(22)12-13)14-3-5-15(6-4-14)17(21(23,24)25)8-10-29-11-9-19(26)20(27)28/h2-7,12,17,19H,8-11,26H2,1H3,(H,27,28). The van der Waals surface area contributed by atoms with Crippen molar-refractivity contribution in [3.05, 3.63) is 59.4 Å². The first kappa shape index (κ1) is 23.2. The molecule has 3 nitrogen and oxygen atoms in total. The van der Waals surface area contributed by atoms with Crippen molar-refractivity contribution in [1.82, 2.24) is 0 Å². The fourth-order valence-corrected chi connectivity index (χ4v) is 3.93. The fraction of sp³-hybridized carbons (Fsp3) is 0.381. The van der Waals surface area contributed by atoms with Crippen LogP contribution in [0.25, 0.3) is 11.1 Å². The quantitative estimate of drug-likeness (QED) is 0.415. The van der Waals surface area contributed by atoms with Crippen LogP contribution in [0.15, 0.2) is 42.5 Å². The molecule has 0 saturated carbocycles. The Morgan fingerprint density at radius 2 is 1.72 bits per heavy atom. The Labute approximate surface area is 171 Å². The molecule has 0 fully saturated rings. The SMILES string of the molecule is Cc1ccc(-c2ccc(C(CCSCCC(N)C(=O)O)C(F)(F)F)cc2)c(F)c1. The summed E-state index contributed by atoms with van der Waals surface area (Å²) in [6, 6.07) is 9.51. The minimum atomic E-state index is -4.41. The number of carboxylic acids is 1. The van der Waals surface area contributed by atoms with E-state index in [1.807, 2.05) is 0 Å². The van der Waals surface area contributed by atoms with Gasteiger partial charge in [-0.05, 0) is 54.0 Å². The molecule has 0 aliphatic heterocycles. The zero-order valence-corrected chi connectivity index (χ0v) is 16.7. The predicted octanol–water partition coefficient (Wildman–Crippen LogP) is 5.37. The number of carboxylic acid groups (broad SMARTS) is 1. The Bertz CT molecular complexity index is 824. The number of hydrogen-bond donors (Lipinski definition) is 2. The van der Waals surface area contributed by atoms with Gasteiger partial charge in [0.05, 0.1) is 5.92 Å². The van der Waals surface area contributed by atoms with Gasteiger partial charge in [0.15, 0.2) is 0 Å². The topological polar surface area (TPSA) is 63.3 Å². The summed E-state index contributed by atoms with van der Waals surface area (Å²) >= 11 is 1.25. The number of halogens is 4. The summed E-state index contributed by atoms with van der Waals surface area (Å²) in [7, 11) is 0. The molecule has 29 heavy (non-hydrogen) atoms. The predicted molar refractivity (Wildman–Crippen MR) is 108 cm³/mol. The number of aryl methyl sites for hydroxylation is 1. The van der Waals surface area contributed by atoms with Crippen molar-refractivity contribution in [2.75, 3.05) is 11.5 Å². The van der Waals surface area contributed by atoms with Crippen LogP contribution in [0.5, 0.6) is 0 Å². The molecule has 0 aliphatic carbocycles. The van der Waals surface area contributed by atoms with Gasteiger partial charge in [0.2, 0.25) is 0 Å². The largest absolute Gasteiger partial charge is 0.480 e. The molecule has 0 aliphatic rings. The molecule has 158 valence electrons. The molecule has 2 aromatic rings. The molecule has 0 amide bonds. The van der Waals surface area contributed by atoms with Gasteiger partial charge in [-0.2, -0.15) is 24.9 Å². The average molecular weight is 429 g/mol. The minimum absolute atomic E-state index is 0.122. The van der Waals surface area contributed by atoms with Crippen LogP contribution >= 0.6 is 11.8 Å². The molecule has 0 saturated heterocycles. The Morgan fingerprint density at radius 1 is 1.10 bits per heavy atom. The number of alkyl halides is 3. The lowest BCUT2D eigenvalue weighted by Crippen LogP contribution is -2.30. The van der Waals surface area contributed by atoms with Crippen LogP contribution in [0.1, 0.15) is 29.9 Å². The second-order valence-corrected chi connectivity index (χ2v) is 8.06. The van der Waals surface area contributed by atoms with Crippen LogP contribution in [-0.2, 0) is 4.79 Å². The van der Waals surface area contributed by atoms with E-state index in [9.17, 15) is 22.4 Å². The number of nitrogens with two attached hydrogens (primary N) is 1. The summed E-state index contributed by atoms with van der Waals surface area (Å²) < 4.78 is 54.6. The highest BCUT2D eigenvalue weighted by atomic mass is 32.2. The van der Waals surface area contributed by atoms with Gasteiger partial charge in [-0.1, -0.05) is 36.4 Å². The zero-order valence-electron chi connectivity index (χ0n) is 15.9. The highest BCUT2D eigenvalue weighted by molar-refractivity contribution is 7.99. The molecule has 0 heterocycles. The summed E-state index contributed by atoms with van der Waals surface area (Å²) in [4.78, 5) is 10.6. The minimum Gasteiger partial charge on any atom is -0.480 e.